The van der Waals surface area contributed by atoms with E-state index < -0.39 is 23.9 Å². The van der Waals surface area contributed by atoms with Gasteiger partial charge in [-0.1, -0.05) is 0 Å². The molecule has 0 aromatic carbocycles. The molecule has 0 radical (unpaired) electrons. The van der Waals surface area contributed by atoms with Crippen LogP contribution < -0.4 is 10.6 Å². The van der Waals surface area contributed by atoms with E-state index in [1.165, 1.54) is 4.90 Å². The van der Waals surface area contributed by atoms with Crippen LogP contribution in [0.5, 0.6) is 0 Å². The van der Waals surface area contributed by atoms with Crippen LogP contribution in [-0.2, 0) is 10.9 Å². The minimum atomic E-state index is -4.63. The van der Waals surface area contributed by atoms with Crippen molar-refractivity contribution in [2.45, 2.75) is 12.3 Å². The molecule has 1 aromatic rings. The van der Waals surface area contributed by atoms with Gasteiger partial charge in [-0.05, 0) is 12.1 Å². The Kier molecular flexibility index (Phi) is 4.33. The first kappa shape index (κ1) is 15.5. The number of nitrogens with zero attached hydrogens (tertiary/aromatic N) is 2. The van der Waals surface area contributed by atoms with Gasteiger partial charge in [-0.25, -0.2) is 4.98 Å². The molecule has 2 rings (SSSR count). The van der Waals surface area contributed by atoms with Gasteiger partial charge in [0.2, 0.25) is 0 Å². The summed E-state index contributed by atoms with van der Waals surface area (Å²) in [5, 5.41) is 9.65. The maximum Gasteiger partial charge on any atom is 0.433 e. The lowest BCUT2D eigenvalue weighted by molar-refractivity contribution is -0.141. The van der Waals surface area contributed by atoms with Crippen molar-refractivity contribution in [1.82, 2.24) is 4.98 Å². The third-order valence-electron chi connectivity index (χ3n) is 2.98. The minimum absolute atomic E-state index is 0.00852. The Bertz CT molecular complexity index is 536. The van der Waals surface area contributed by atoms with Crippen molar-refractivity contribution in [2.24, 2.45) is 5.73 Å². The van der Waals surface area contributed by atoms with Gasteiger partial charge in [0.1, 0.15) is 11.5 Å². The fourth-order valence-electron chi connectivity index (χ4n) is 2.02. The highest BCUT2D eigenvalue weighted by Gasteiger charge is 2.34. The maximum absolute atomic E-state index is 12.8. The van der Waals surface area contributed by atoms with Crippen molar-refractivity contribution in [3.63, 3.8) is 0 Å². The number of hydrogen-bond acceptors (Lipinski definition) is 5. The highest BCUT2D eigenvalue weighted by Crippen LogP contribution is 2.30. The summed E-state index contributed by atoms with van der Waals surface area (Å²) >= 11 is 0. The summed E-state index contributed by atoms with van der Waals surface area (Å²) < 4.78 is 43.4. The molecular formula is C12H14F3N3O3. The van der Waals surface area contributed by atoms with E-state index in [-0.39, 0.29) is 37.7 Å². The molecule has 116 valence electrons. The molecule has 1 aliphatic heterocycles. The number of amides is 1. The zero-order valence-electron chi connectivity index (χ0n) is 10.9. The molecule has 6 nitrogen and oxygen atoms in total. The Morgan fingerprint density at radius 1 is 1.48 bits per heavy atom. The summed E-state index contributed by atoms with van der Waals surface area (Å²) in [6, 6.07) is 1.69. The van der Waals surface area contributed by atoms with E-state index in [1.807, 2.05) is 0 Å². The third kappa shape index (κ3) is 3.61. The van der Waals surface area contributed by atoms with Crippen LogP contribution in [0.3, 0.4) is 0 Å². The van der Waals surface area contributed by atoms with E-state index in [0.717, 1.165) is 6.07 Å². The van der Waals surface area contributed by atoms with Gasteiger partial charge < -0.3 is 20.5 Å². The van der Waals surface area contributed by atoms with E-state index in [1.54, 1.807) is 0 Å². The predicted molar refractivity (Wildman–Crippen MR) is 66.8 cm³/mol. The number of ether oxygens (including phenoxy) is 1. The second kappa shape index (κ2) is 5.86. The van der Waals surface area contributed by atoms with Crippen molar-refractivity contribution in [3.05, 3.63) is 23.4 Å². The zero-order chi connectivity index (χ0) is 15.6. The fraction of sp³-hybridized carbons (Fsp3) is 0.500. The molecule has 0 aliphatic carbocycles. The van der Waals surface area contributed by atoms with Crippen LogP contribution in [0.15, 0.2) is 12.1 Å². The van der Waals surface area contributed by atoms with E-state index in [9.17, 15) is 23.1 Å². The number of carbonyl (C=O) groups excluding carboxylic acids is 1. The van der Waals surface area contributed by atoms with Gasteiger partial charge in [0.05, 0.1) is 24.9 Å². The average molecular weight is 305 g/mol. The molecule has 0 bridgehead atoms. The number of β-amino-alcohol motifs (C(OH)–C–C–N with tert-alkyl or cyclic N) is 1. The Hall–Kier alpha value is -1.87. The second-order valence-corrected chi connectivity index (χ2v) is 4.60. The largest absolute Gasteiger partial charge is 0.433 e. The number of aliphatic hydroxyl groups excluding tert-OH is 1. The first-order valence-electron chi connectivity index (χ1n) is 6.18. The highest BCUT2D eigenvalue weighted by atomic mass is 19.4. The average Bonchev–Trinajstić information content (AvgIpc) is 2.61. The topological polar surface area (TPSA) is 88.7 Å². The Morgan fingerprint density at radius 2 is 2.19 bits per heavy atom. The van der Waals surface area contributed by atoms with Gasteiger partial charge in [-0.15, -0.1) is 0 Å². The smallest absolute Gasteiger partial charge is 0.389 e. The number of aliphatic hydroxyl groups is 1. The summed E-state index contributed by atoms with van der Waals surface area (Å²) in [5.74, 6) is -1.08. The lowest BCUT2D eigenvalue weighted by atomic mass is 10.2. The molecule has 0 unspecified atom stereocenters. The Balaban J connectivity index is 2.44. The summed E-state index contributed by atoms with van der Waals surface area (Å²) in [7, 11) is 0. The van der Waals surface area contributed by atoms with Gasteiger partial charge >= 0.3 is 6.18 Å². The first-order chi connectivity index (χ1) is 9.79. The number of nitrogens with two attached hydrogens (primary N) is 1. The molecule has 1 atom stereocenters. The molecule has 1 saturated heterocycles. The lowest BCUT2D eigenvalue weighted by Gasteiger charge is -2.25. The van der Waals surface area contributed by atoms with Crippen LogP contribution in [0.1, 0.15) is 16.1 Å². The monoisotopic (exact) mass is 305 g/mol. The quantitative estimate of drug-likeness (QED) is 0.825. The lowest BCUT2D eigenvalue weighted by Crippen LogP contribution is -2.35. The van der Waals surface area contributed by atoms with Gasteiger partial charge in [-0.2, -0.15) is 13.2 Å². The number of hydrogen-bond donors (Lipinski definition) is 2. The number of anilines is 1. The van der Waals surface area contributed by atoms with Crippen LogP contribution in [-0.4, -0.2) is 48.4 Å². The molecule has 0 spiro atoms. The Labute approximate surface area is 118 Å². The standard InChI is InChI=1S/C12H14F3N3O3/c13-12(14,15)9-2-1-8(10(16)20)11(17-9)18-3-4-21-6-7(19)5-18/h1-2,7,19H,3-6H2,(H2,16,20)/t7-/m1/s1. The molecule has 2 heterocycles. The number of carbonyl (C=O) groups is 1. The van der Waals surface area contributed by atoms with Crippen molar-refractivity contribution >= 4 is 11.7 Å². The summed E-state index contributed by atoms with van der Waals surface area (Å²) in [5.41, 5.74) is 3.92. The molecule has 1 fully saturated rings. The normalized spacial score (nSPS) is 20.2. The second-order valence-electron chi connectivity index (χ2n) is 4.60. The van der Waals surface area contributed by atoms with Crippen molar-refractivity contribution in [3.8, 4) is 0 Å². The molecule has 3 N–H and O–H groups in total. The SMILES string of the molecule is NC(=O)c1ccc(C(F)(F)F)nc1N1CCOC[C@H](O)C1. The molecule has 1 amide bonds. The summed E-state index contributed by atoms with van der Waals surface area (Å²) in [6.07, 6.45) is -5.52. The number of rotatable bonds is 2. The van der Waals surface area contributed by atoms with E-state index in [2.05, 4.69) is 4.98 Å². The number of alkyl halides is 3. The molecule has 0 saturated carbocycles. The highest BCUT2D eigenvalue weighted by molar-refractivity contribution is 5.97. The van der Waals surface area contributed by atoms with Gasteiger partial charge in [0.15, 0.2) is 0 Å². The van der Waals surface area contributed by atoms with Crippen LogP contribution in [0.2, 0.25) is 0 Å². The van der Waals surface area contributed by atoms with Crippen LogP contribution in [0.25, 0.3) is 0 Å². The van der Waals surface area contributed by atoms with Gasteiger partial charge in [-0.3, -0.25) is 4.79 Å². The van der Waals surface area contributed by atoms with Crippen LogP contribution in [0, 0.1) is 0 Å². The molecule has 21 heavy (non-hydrogen) atoms. The number of aromatic nitrogens is 1. The predicted octanol–water partition coefficient (Wildman–Crippen LogP) is 0.397. The summed E-state index contributed by atoms with van der Waals surface area (Å²) in [6.45, 7) is 0.481. The third-order valence-corrected chi connectivity index (χ3v) is 2.98. The van der Waals surface area contributed by atoms with Crippen LogP contribution in [0.4, 0.5) is 19.0 Å². The van der Waals surface area contributed by atoms with Crippen molar-refractivity contribution in [1.29, 1.82) is 0 Å². The molecule has 9 heteroatoms. The molecule has 1 aromatic heterocycles. The Morgan fingerprint density at radius 3 is 2.81 bits per heavy atom. The number of pyridine rings is 1. The van der Waals surface area contributed by atoms with E-state index >= 15 is 0 Å². The van der Waals surface area contributed by atoms with Crippen molar-refractivity contribution in [2.75, 3.05) is 31.2 Å². The van der Waals surface area contributed by atoms with Crippen molar-refractivity contribution < 1.29 is 27.8 Å². The molecular weight excluding hydrogens is 291 g/mol. The molecule has 1 aliphatic rings. The number of primary amides is 1. The van der Waals surface area contributed by atoms with Crippen LogP contribution >= 0.6 is 0 Å². The number of halogens is 3. The summed E-state index contributed by atoms with van der Waals surface area (Å²) in [4.78, 5) is 16.2. The maximum atomic E-state index is 12.8. The minimum Gasteiger partial charge on any atom is -0.389 e. The van der Waals surface area contributed by atoms with Gasteiger partial charge in [0.25, 0.3) is 5.91 Å². The fourth-order valence-corrected chi connectivity index (χ4v) is 2.02. The van der Waals surface area contributed by atoms with E-state index in [4.69, 9.17) is 10.5 Å². The van der Waals surface area contributed by atoms with E-state index in [0.29, 0.717) is 6.07 Å². The first-order valence-corrected chi connectivity index (χ1v) is 6.18. The zero-order valence-corrected chi connectivity index (χ0v) is 10.9. The van der Waals surface area contributed by atoms with Gasteiger partial charge in [0, 0.05) is 13.1 Å².